The van der Waals surface area contributed by atoms with Crippen LogP contribution in [0, 0.1) is 10.1 Å². The summed E-state index contributed by atoms with van der Waals surface area (Å²) in [6, 6.07) is 12.5. The minimum absolute atomic E-state index is 0.0307. The van der Waals surface area contributed by atoms with Crippen LogP contribution < -0.4 is 15.4 Å². The highest BCUT2D eigenvalue weighted by Crippen LogP contribution is 2.18. The third kappa shape index (κ3) is 5.96. The van der Waals surface area contributed by atoms with Gasteiger partial charge in [-0.25, -0.2) is 0 Å². The standard InChI is InChI=1S/C19H19N3O5/c1-3-27-17-9-7-15(8-10-17)21-19(24)18(20-13(2)23)12-14-5-4-6-16(11-14)22(25)26/h4-12H,3H2,1-2H3,(H,20,23)(H,21,24). The van der Waals surface area contributed by atoms with E-state index in [9.17, 15) is 19.7 Å². The molecule has 0 aliphatic carbocycles. The molecule has 8 nitrogen and oxygen atoms in total. The number of benzene rings is 2. The molecule has 27 heavy (non-hydrogen) atoms. The number of ether oxygens (including phenoxy) is 1. The van der Waals surface area contributed by atoms with Crippen LogP contribution in [0.1, 0.15) is 19.4 Å². The van der Waals surface area contributed by atoms with Crippen molar-refractivity contribution in [2.75, 3.05) is 11.9 Å². The monoisotopic (exact) mass is 369 g/mol. The number of nitro groups is 1. The number of rotatable bonds is 7. The Hall–Kier alpha value is -3.68. The molecule has 0 aromatic heterocycles. The summed E-state index contributed by atoms with van der Waals surface area (Å²) in [7, 11) is 0. The van der Waals surface area contributed by atoms with E-state index in [1.807, 2.05) is 6.92 Å². The second-order valence-corrected chi connectivity index (χ2v) is 5.50. The van der Waals surface area contributed by atoms with Gasteiger partial charge in [-0.15, -0.1) is 0 Å². The van der Waals surface area contributed by atoms with Gasteiger partial charge in [0.05, 0.1) is 11.5 Å². The largest absolute Gasteiger partial charge is 0.494 e. The van der Waals surface area contributed by atoms with Crippen LogP contribution in [0.3, 0.4) is 0 Å². The van der Waals surface area contributed by atoms with Gasteiger partial charge in [-0.05, 0) is 42.8 Å². The van der Waals surface area contributed by atoms with Gasteiger partial charge in [0.2, 0.25) is 5.91 Å². The van der Waals surface area contributed by atoms with E-state index in [0.717, 1.165) is 0 Å². The number of carbonyl (C=O) groups is 2. The quantitative estimate of drug-likeness (QED) is 0.443. The predicted octanol–water partition coefficient (Wildman–Crippen LogP) is 3.11. The van der Waals surface area contributed by atoms with Gasteiger partial charge in [0.1, 0.15) is 11.4 Å². The van der Waals surface area contributed by atoms with Crippen LogP contribution in [0.2, 0.25) is 0 Å². The minimum Gasteiger partial charge on any atom is -0.494 e. The highest BCUT2D eigenvalue weighted by Gasteiger charge is 2.13. The maximum atomic E-state index is 12.5. The van der Waals surface area contributed by atoms with Crippen molar-refractivity contribution in [1.82, 2.24) is 5.32 Å². The van der Waals surface area contributed by atoms with Gasteiger partial charge in [0, 0.05) is 24.7 Å². The molecule has 0 fully saturated rings. The average molecular weight is 369 g/mol. The highest BCUT2D eigenvalue weighted by atomic mass is 16.6. The molecule has 0 aliphatic heterocycles. The van der Waals surface area contributed by atoms with Crippen molar-refractivity contribution in [3.8, 4) is 5.75 Å². The number of anilines is 1. The molecule has 0 atom stereocenters. The summed E-state index contributed by atoms with van der Waals surface area (Å²) in [5.41, 5.74) is 0.781. The number of hydrogen-bond donors (Lipinski definition) is 2. The summed E-state index contributed by atoms with van der Waals surface area (Å²) in [4.78, 5) is 34.3. The first-order valence-corrected chi connectivity index (χ1v) is 8.17. The molecule has 2 amide bonds. The molecule has 0 bridgehead atoms. The SMILES string of the molecule is CCOc1ccc(NC(=O)C(=Cc2cccc([N+](=O)[O-])c2)NC(C)=O)cc1. The fourth-order valence-corrected chi connectivity index (χ4v) is 2.24. The third-order valence-corrected chi connectivity index (χ3v) is 3.37. The van der Waals surface area contributed by atoms with Crippen LogP contribution in [0.15, 0.2) is 54.2 Å². The van der Waals surface area contributed by atoms with Gasteiger partial charge >= 0.3 is 0 Å². The molecular formula is C19H19N3O5. The van der Waals surface area contributed by atoms with Crippen molar-refractivity contribution in [2.24, 2.45) is 0 Å². The van der Waals surface area contributed by atoms with E-state index in [0.29, 0.717) is 23.6 Å². The predicted molar refractivity (Wildman–Crippen MR) is 101 cm³/mol. The zero-order valence-electron chi connectivity index (χ0n) is 14.9. The van der Waals surface area contributed by atoms with Crippen molar-refractivity contribution in [1.29, 1.82) is 0 Å². The molecule has 0 radical (unpaired) electrons. The molecule has 0 saturated carbocycles. The Labute approximate surface area is 156 Å². The van der Waals surface area contributed by atoms with Gasteiger partial charge in [0.15, 0.2) is 0 Å². The average Bonchev–Trinajstić information content (AvgIpc) is 2.63. The van der Waals surface area contributed by atoms with Crippen LogP contribution in [-0.4, -0.2) is 23.3 Å². The molecule has 0 spiro atoms. The Bertz CT molecular complexity index is 875. The summed E-state index contributed by atoms with van der Waals surface area (Å²) < 4.78 is 5.34. The number of nitrogens with one attached hydrogen (secondary N) is 2. The van der Waals surface area contributed by atoms with Gasteiger partial charge in [-0.1, -0.05) is 12.1 Å². The summed E-state index contributed by atoms with van der Waals surface area (Å²) in [5.74, 6) is -0.320. The van der Waals surface area contributed by atoms with Crippen LogP contribution >= 0.6 is 0 Å². The number of carbonyl (C=O) groups excluding carboxylic acids is 2. The maximum Gasteiger partial charge on any atom is 0.272 e. The van der Waals surface area contributed by atoms with Crippen molar-refractivity contribution in [3.63, 3.8) is 0 Å². The second kappa shape index (κ2) is 9.14. The molecule has 8 heteroatoms. The molecule has 2 aromatic carbocycles. The summed E-state index contributed by atoms with van der Waals surface area (Å²) in [5, 5.41) is 16.0. The molecule has 140 valence electrons. The molecular weight excluding hydrogens is 350 g/mol. The second-order valence-electron chi connectivity index (χ2n) is 5.50. The normalized spacial score (nSPS) is 10.8. The van der Waals surface area contributed by atoms with Gasteiger partial charge in [0.25, 0.3) is 11.6 Å². The van der Waals surface area contributed by atoms with Crippen molar-refractivity contribution in [2.45, 2.75) is 13.8 Å². The lowest BCUT2D eigenvalue weighted by Gasteiger charge is -2.10. The van der Waals surface area contributed by atoms with Gasteiger partial charge < -0.3 is 15.4 Å². The number of nitro benzene ring substituents is 1. The van der Waals surface area contributed by atoms with Crippen molar-refractivity contribution in [3.05, 3.63) is 69.9 Å². The summed E-state index contributed by atoms with van der Waals surface area (Å²) in [6.45, 7) is 3.67. The molecule has 2 N–H and O–H groups in total. The zero-order valence-corrected chi connectivity index (χ0v) is 14.9. The highest BCUT2D eigenvalue weighted by molar-refractivity contribution is 6.08. The van der Waals surface area contributed by atoms with Crippen LogP contribution in [-0.2, 0) is 9.59 Å². The Balaban J connectivity index is 2.24. The topological polar surface area (TPSA) is 111 Å². The fraction of sp³-hybridized carbons (Fsp3) is 0.158. The number of non-ortho nitro benzene ring substituents is 1. The number of nitrogens with zero attached hydrogens (tertiary/aromatic N) is 1. The van der Waals surface area contributed by atoms with E-state index < -0.39 is 16.7 Å². The first kappa shape index (κ1) is 19.6. The van der Waals surface area contributed by atoms with E-state index in [4.69, 9.17) is 4.74 Å². The molecule has 2 rings (SSSR count). The lowest BCUT2D eigenvalue weighted by Crippen LogP contribution is -2.28. The Morgan fingerprint density at radius 3 is 2.48 bits per heavy atom. The Morgan fingerprint density at radius 1 is 1.19 bits per heavy atom. The van der Waals surface area contributed by atoms with Crippen molar-refractivity contribution < 1.29 is 19.2 Å². The fourth-order valence-electron chi connectivity index (χ4n) is 2.24. The van der Waals surface area contributed by atoms with E-state index in [1.54, 1.807) is 30.3 Å². The molecule has 0 unspecified atom stereocenters. The van der Waals surface area contributed by atoms with Crippen molar-refractivity contribution >= 4 is 29.3 Å². The molecule has 0 heterocycles. The lowest BCUT2D eigenvalue weighted by atomic mass is 10.1. The van der Waals surface area contributed by atoms with E-state index in [1.165, 1.54) is 31.2 Å². The van der Waals surface area contributed by atoms with E-state index in [-0.39, 0.29) is 11.4 Å². The molecule has 0 saturated heterocycles. The lowest BCUT2D eigenvalue weighted by molar-refractivity contribution is -0.384. The number of amides is 2. The first-order chi connectivity index (χ1) is 12.9. The number of hydrogen-bond acceptors (Lipinski definition) is 5. The third-order valence-electron chi connectivity index (χ3n) is 3.37. The first-order valence-electron chi connectivity index (χ1n) is 8.17. The smallest absolute Gasteiger partial charge is 0.272 e. The van der Waals surface area contributed by atoms with Crippen LogP contribution in [0.25, 0.3) is 6.08 Å². The Kier molecular flexibility index (Phi) is 6.65. The van der Waals surface area contributed by atoms with Gasteiger partial charge in [-0.3, -0.25) is 19.7 Å². The molecule has 2 aromatic rings. The van der Waals surface area contributed by atoms with Crippen LogP contribution in [0.4, 0.5) is 11.4 Å². The summed E-state index contributed by atoms with van der Waals surface area (Å²) >= 11 is 0. The van der Waals surface area contributed by atoms with E-state index >= 15 is 0 Å². The summed E-state index contributed by atoms with van der Waals surface area (Å²) in [6.07, 6.45) is 1.37. The Morgan fingerprint density at radius 2 is 1.89 bits per heavy atom. The minimum atomic E-state index is -0.555. The maximum absolute atomic E-state index is 12.5. The molecule has 0 aliphatic rings. The van der Waals surface area contributed by atoms with Gasteiger partial charge in [-0.2, -0.15) is 0 Å². The van der Waals surface area contributed by atoms with Crippen LogP contribution in [0.5, 0.6) is 5.75 Å². The van der Waals surface area contributed by atoms with E-state index in [2.05, 4.69) is 10.6 Å². The zero-order chi connectivity index (χ0) is 19.8.